The molecule has 2 unspecified atom stereocenters. The van der Waals surface area contributed by atoms with Crippen molar-refractivity contribution in [1.29, 1.82) is 0 Å². The summed E-state index contributed by atoms with van der Waals surface area (Å²) in [5.41, 5.74) is 0. The fraction of sp³-hybridized carbons (Fsp3) is 1.00. The number of halogens is 1. The van der Waals surface area contributed by atoms with Crippen LogP contribution in [0.1, 0.15) is 0 Å². The summed E-state index contributed by atoms with van der Waals surface area (Å²) in [5, 5.41) is 36.5. The second-order valence-corrected chi connectivity index (χ2v) is 3.57. The molecule has 0 aromatic heterocycles. The summed E-state index contributed by atoms with van der Waals surface area (Å²) in [7, 11) is 0. The van der Waals surface area contributed by atoms with Crippen LogP contribution in [0.5, 0.6) is 0 Å². The number of hydrogen-bond acceptors (Lipinski definition) is 5. The molecule has 1 fully saturated rings. The van der Waals surface area contributed by atoms with Gasteiger partial charge < -0.3 is 25.2 Å². The van der Waals surface area contributed by atoms with E-state index in [1.54, 1.807) is 0 Å². The van der Waals surface area contributed by atoms with Gasteiger partial charge in [0.25, 0.3) is 0 Å². The van der Waals surface area contributed by atoms with Gasteiger partial charge in [-0.1, -0.05) is 22.6 Å². The van der Waals surface area contributed by atoms with E-state index in [1.807, 2.05) is 22.6 Å². The Labute approximate surface area is 83.1 Å². The number of ether oxygens (including phenoxy) is 1. The molecule has 1 rings (SSSR count). The minimum absolute atomic E-state index is 0.444. The number of hydrogen-bond donors (Lipinski definition) is 4. The molecule has 5 nitrogen and oxygen atoms in total. The van der Waals surface area contributed by atoms with E-state index in [4.69, 9.17) is 14.9 Å². The molecule has 1 heterocycles. The van der Waals surface area contributed by atoms with Gasteiger partial charge in [0.2, 0.25) is 0 Å². The van der Waals surface area contributed by atoms with E-state index in [-0.39, 0.29) is 0 Å². The van der Waals surface area contributed by atoms with Gasteiger partial charge in [0.1, 0.15) is 18.3 Å². The summed E-state index contributed by atoms with van der Waals surface area (Å²) in [6, 6.07) is 0. The predicted octanol–water partition coefficient (Wildman–Crippen LogP) is -1.78. The van der Waals surface area contributed by atoms with Gasteiger partial charge in [0.15, 0.2) is 6.29 Å². The van der Waals surface area contributed by atoms with E-state index in [0.29, 0.717) is 4.43 Å². The van der Waals surface area contributed by atoms with Crippen LogP contribution in [0.4, 0.5) is 0 Å². The Kier molecular flexibility index (Phi) is 3.68. The first-order valence-corrected chi connectivity index (χ1v) is 5.04. The van der Waals surface area contributed by atoms with Crippen molar-refractivity contribution in [2.24, 2.45) is 0 Å². The summed E-state index contributed by atoms with van der Waals surface area (Å²) >= 11 is 1.96. The second kappa shape index (κ2) is 4.16. The van der Waals surface area contributed by atoms with Gasteiger partial charge in [-0.3, -0.25) is 0 Å². The predicted molar refractivity (Wildman–Crippen MR) is 47.8 cm³/mol. The van der Waals surface area contributed by atoms with Crippen LogP contribution in [-0.4, -0.2) is 55.6 Å². The lowest BCUT2D eigenvalue weighted by Crippen LogP contribution is -2.57. The van der Waals surface area contributed by atoms with Crippen LogP contribution in [0, 0.1) is 0 Å². The maximum atomic E-state index is 9.27. The van der Waals surface area contributed by atoms with E-state index >= 15 is 0 Å². The van der Waals surface area contributed by atoms with Gasteiger partial charge in [-0.2, -0.15) is 0 Å². The van der Waals surface area contributed by atoms with E-state index in [2.05, 4.69) is 0 Å². The van der Waals surface area contributed by atoms with Crippen LogP contribution in [0.3, 0.4) is 0 Å². The smallest absolute Gasteiger partial charge is 0.183 e. The van der Waals surface area contributed by atoms with Gasteiger partial charge in [0.05, 0.1) is 6.10 Å². The molecule has 4 N–H and O–H groups in total. The standard InChI is InChI=1S/C6H11IO5/c7-1-2-3(8)4(9)5(10)6(11)12-2/h2-6,8-11H,1H2/t2-,3-,4+,5?,6?/m1/s1. The second-order valence-electron chi connectivity index (χ2n) is 2.69. The van der Waals surface area contributed by atoms with Crippen molar-refractivity contribution in [3.8, 4) is 0 Å². The van der Waals surface area contributed by atoms with Crippen molar-refractivity contribution >= 4 is 22.6 Å². The molecule has 0 aromatic rings. The Balaban J connectivity index is 2.63. The van der Waals surface area contributed by atoms with Crippen molar-refractivity contribution in [3.63, 3.8) is 0 Å². The molecule has 0 bridgehead atoms. The molecule has 0 radical (unpaired) electrons. The summed E-state index contributed by atoms with van der Waals surface area (Å²) < 4.78 is 5.26. The lowest BCUT2D eigenvalue weighted by molar-refractivity contribution is -0.275. The molecule has 1 aliphatic heterocycles. The first kappa shape index (κ1) is 10.6. The summed E-state index contributed by atoms with van der Waals surface area (Å²) in [5.74, 6) is 0. The topological polar surface area (TPSA) is 90.2 Å². The highest BCUT2D eigenvalue weighted by molar-refractivity contribution is 14.1. The molecule has 0 saturated carbocycles. The average Bonchev–Trinajstić information content (AvgIpc) is 2.08. The maximum Gasteiger partial charge on any atom is 0.183 e. The maximum absolute atomic E-state index is 9.27. The van der Waals surface area contributed by atoms with Gasteiger partial charge in [-0.15, -0.1) is 0 Å². The normalized spacial score (nSPS) is 49.2. The van der Waals surface area contributed by atoms with Gasteiger partial charge >= 0.3 is 0 Å². The fourth-order valence-electron chi connectivity index (χ4n) is 1.06. The van der Waals surface area contributed by atoms with Crippen LogP contribution in [0.15, 0.2) is 0 Å². The largest absolute Gasteiger partial charge is 0.388 e. The van der Waals surface area contributed by atoms with E-state index in [1.165, 1.54) is 0 Å². The molecule has 5 atom stereocenters. The number of aliphatic hydroxyl groups is 4. The van der Waals surface area contributed by atoms with Gasteiger partial charge in [0, 0.05) is 4.43 Å². The van der Waals surface area contributed by atoms with Crippen LogP contribution in [0.25, 0.3) is 0 Å². The molecule has 0 spiro atoms. The minimum atomic E-state index is -1.43. The quantitative estimate of drug-likeness (QED) is 0.339. The van der Waals surface area contributed by atoms with Crippen LogP contribution >= 0.6 is 22.6 Å². The molecular weight excluding hydrogens is 279 g/mol. The van der Waals surface area contributed by atoms with Crippen LogP contribution < -0.4 is 0 Å². The summed E-state index contributed by atoms with van der Waals surface area (Å²) in [4.78, 5) is 0. The highest BCUT2D eigenvalue weighted by atomic mass is 127. The average molecular weight is 290 g/mol. The van der Waals surface area contributed by atoms with Crippen molar-refractivity contribution in [1.82, 2.24) is 0 Å². The molecule has 0 aliphatic carbocycles. The summed E-state index contributed by atoms with van der Waals surface area (Å²) in [6.07, 6.45) is -5.95. The minimum Gasteiger partial charge on any atom is -0.388 e. The third-order valence-corrected chi connectivity index (χ3v) is 2.71. The molecule has 1 aliphatic rings. The van der Waals surface area contributed by atoms with Gasteiger partial charge in [-0.05, 0) is 0 Å². The Morgan fingerprint density at radius 3 is 2.08 bits per heavy atom. The highest BCUT2D eigenvalue weighted by Crippen LogP contribution is 2.20. The molecule has 0 aromatic carbocycles. The Morgan fingerprint density at radius 2 is 1.58 bits per heavy atom. The first-order valence-electron chi connectivity index (χ1n) is 3.51. The zero-order valence-electron chi connectivity index (χ0n) is 6.17. The Bertz CT molecular complexity index is 150. The third-order valence-electron chi connectivity index (χ3n) is 1.84. The molecule has 0 amide bonds. The summed E-state index contributed by atoms with van der Waals surface area (Å²) in [6.45, 7) is 0. The fourth-order valence-corrected chi connectivity index (χ4v) is 1.79. The number of aliphatic hydroxyl groups excluding tert-OH is 4. The van der Waals surface area contributed by atoms with Crippen molar-refractivity contribution < 1.29 is 25.2 Å². The van der Waals surface area contributed by atoms with E-state index < -0.39 is 30.7 Å². The van der Waals surface area contributed by atoms with E-state index in [0.717, 1.165) is 0 Å². The number of alkyl halides is 1. The Hall–Kier alpha value is 0.530. The van der Waals surface area contributed by atoms with Crippen molar-refractivity contribution in [3.05, 3.63) is 0 Å². The number of rotatable bonds is 1. The van der Waals surface area contributed by atoms with E-state index in [9.17, 15) is 10.2 Å². The molecule has 72 valence electrons. The third kappa shape index (κ3) is 1.88. The highest BCUT2D eigenvalue weighted by Gasteiger charge is 2.42. The van der Waals surface area contributed by atoms with Crippen LogP contribution in [0.2, 0.25) is 0 Å². The zero-order chi connectivity index (χ0) is 9.30. The monoisotopic (exact) mass is 290 g/mol. The Morgan fingerprint density at radius 1 is 1.00 bits per heavy atom. The SMILES string of the molecule is OC1O[C@H](CI)[C@@H](O)[C@H](O)C1O. The van der Waals surface area contributed by atoms with Crippen molar-refractivity contribution in [2.75, 3.05) is 4.43 Å². The molecule has 12 heavy (non-hydrogen) atoms. The molecule has 1 saturated heterocycles. The van der Waals surface area contributed by atoms with Crippen molar-refractivity contribution in [2.45, 2.75) is 30.7 Å². The lowest BCUT2D eigenvalue weighted by Gasteiger charge is -2.37. The molecule has 6 heteroatoms. The first-order chi connectivity index (χ1) is 5.57. The van der Waals surface area contributed by atoms with Crippen LogP contribution in [-0.2, 0) is 4.74 Å². The lowest BCUT2D eigenvalue weighted by atomic mass is 10.0. The zero-order valence-corrected chi connectivity index (χ0v) is 8.33. The molecular formula is C6H11IO5. The van der Waals surface area contributed by atoms with Gasteiger partial charge in [-0.25, -0.2) is 0 Å².